The van der Waals surface area contributed by atoms with Crippen LogP contribution in [0.2, 0.25) is 5.15 Å². The lowest BCUT2D eigenvalue weighted by Gasteiger charge is -2.13. The van der Waals surface area contributed by atoms with Crippen LogP contribution in [0, 0.1) is 25.7 Å². The summed E-state index contributed by atoms with van der Waals surface area (Å²) in [5.74, 6) is 6.61. The number of methoxy groups -OCH3 is 1. The highest BCUT2D eigenvalue weighted by atomic mass is 35.5. The van der Waals surface area contributed by atoms with E-state index >= 15 is 0 Å². The van der Waals surface area contributed by atoms with Crippen LogP contribution in [0.1, 0.15) is 34.4 Å². The summed E-state index contributed by atoms with van der Waals surface area (Å²) in [5, 5.41) is 9.69. The maximum absolute atomic E-state index is 10.9. The molecule has 0 fully saturated rings. The maximum Gasteiger partial charge on any atom is 0.320 e. The van der Waals surface area contributed by atoms with Crippen LogP contribution in [0.4, 0.5) is 5.95 Å². The van der Waals surface area contributed by atoms with E-state index in [0.29, 0.717) is 34.5 Å². The highest BCUT2D eigenvalue weighted by Gasteiger charge is 2.17. The van der Waals surface area contributed by atoms with Crippen molar-refractivity contribution in [2.24, 2.45) is 5.73 Å². The molecule has 10 nitrogen and oxygen atoms in total. The normalized spacial score (nSPS) is 11.6. The van der Waals surface area contributed by atoms with E-state index in [1.165, 1.54) is 0 Å². The number of halogens is 1. The number of hydrogen-bond donors (Lipinski definition) is 3. The van der Waals surface area contributed by atoms with Gasteiger partial charge in [0.25, 0.3) is 0 Å². The van der Waals surface area contributed by atoms with Crippen molar-refractivity contribution in [2.45, 2.75) is 32.9 Å². The molecule has 0 saturated carbocycles. The Kier molecular flexibility index (Phi) is 8.00. The van der Waals surface area contributed by atoms with Crippen molar-refractivity contribution in [1.29, 1.82) is 0 Å². The summed E-state index contributed by atoms with van der Waals surface area (Å²) in [6, 6.07) is 6.19. The third kappa shape index (κ3) is 5.80. The van der Waals surface area contributed by atoms with Gasteiger partial charge in [-0.15, -0.1) is 0 Å². The number of pyridine rings is 1. The number of anilines is 1. The van der Waals surface area contributed by atoms with Crippen LogP contribution in [-0.4, -0.2) is 50.4 Å². The lowest BCUT2D eigenvalue weighted by atomic mass is 10.1. The summed E-state index contributed by atoms with van der Waals surface area (Å²) in [6.45, 7) is 4.47. The van der Waals surface area contributed by atoms with Crippen molar-refractivity contribution in [3.05, 3.63) is 69.8 Å². The summed E-state index contributed by atoms with van der Waals surface area (Å²) in [4.78, 5) is 24.0. The predicted octanol–water partition coefficient (Wildman–Crippen LogP) is 3.32. The smallest absolute Gasteiger partial charge is 0.320 e. The highest BCUT2D eigenvalue weighted by Crippen LogP contribution is 2.29. The fourth-order valence-electron chi connectivity index (χ4n) is 4.00. The number of aromatic nitrogens is 4. The number of carbonyl (C=O) groups is 1. The Morgan fingerprint density at radius 1 is 1.26 bits per heavy atom. The van der Waals surface area contributed by atoms with Gasteiger partial charge in [0, 0.05) is 35.5 Å². The summed E-state index contributed by atoms with van der Waals surface area (Å²) in [6.07, 6.45) is 3.81. The molecule has 0 aliphatic rings. The predicted molar refractivity (Wildman–Crippen MR) is 144 cm³/mol. The van der Waals surface area contributed by atoms with Crippen LogP contribution < -0.4 is 20.9 Å². The number of nitrogens with zero attached hydrogens (tertiary/aromatic N) is 4. The number of carboxylic acids is 1. The molecular weight excluding hydrogens is 508 g/mol. The van der Waals surface area contributed by atoms with Crippen LogP contribution in [0.15, 0.2) is 36.7 Å². The molecule has 11 heteroatoms. The number of ether oxygens (including phenoxy) is 2. The lowest BCUT2D eigenvalue weighted by Crippen LogP contribution is -2.31. The van der Waals surface area contributed by atoms with E-state index < -0.39 is 12.0 Å². The first-order chi connectivity index (χ1) is 18.2. The van der Waals surface area contributed by atoms with Crippen LogP contribution in [0.25, 0.3) is 11.0 Å². The molecule has 0 aliphatic heterocycles. The van der Waals surface area contributed by atoms with Crippen LogP contribution in [0.3, 0.4) is 0 Å². The highest BCUT2D eigenvalue weighted by molar-refractivity contribution is 6.34. The Hall–Kier alpha value is -4.33. The SMILES string of the molecule is COc1c(C)cnc(Cn2cc(C#Cc3cccc(OCC[C@H](N)C(=O)O)c3)c3c(Cl)nc(N)nc32)c1C. The number of aliphatic carboxylic acids is 1. The number of hydrogen-bond acceptors (Lipinski definition) is 8. The van der Waals surface area contributed by atoms with Gasteiger partial charge in [0.15, 0.2) is 0 Å². The summed E-state index contributed by atoms with van der Waals surface area (Å²) >= 11 is 6.48. The van der Waals surface area contributed by atoms with Gasteiger partial charge in [0.1, 0.15) is 28.3 Å². The minimum absolute atomic E-state index is 0.0555. The number of benzene rings is 1. The maximum atomic E-state index is 10.9. The van der Waals surface area contributed by atoms with Crippen LogP contribution >= 0.6 is 11.6 Å². The second kappa shape index (κ2) is 11.4. The fourth-order valence-corrected chi connectivity index (χ4v) is 4.27. The topological polar surface area (TPSA) is 151 Å². The van der Waals surface area contributed by atoms with Crippen molar-refractivity contribution in [3.8, 4) is 23.3 Å². The largest absolute Gasteiger partial charge is 0.496 e. The van der Waals surface area contributed by atoms with Gasteiger partial charge in [-0.05, 0) is 32.0 Å². The van der Waals surface area contributed by atoms with Gasteiger partial charge in [0.05, 0.1) is 36.9 Å². The van der Waals surface area contributed by atoms with Gasteiger partial charge in [-0.1, -0.05) is 29.5 Å². The molecular formula is C27H27ClN6O4. The molecule has 0 unspecified atom stereocenters. The van der Waals surface area contributed by atoms with Gasteiger partial charge in [-0.2, -0.15) is 4.98 Å². The Bertz CT molecular complexity index is 1570. The van der Waals surface area contributed by atoms with Crippen molar-refractivity contribution in [2.75, 3.05) is 19.5 Å². The molecule has 0 amide bonds. The first-order valence-electron chi connectivity index (χ1n) is 11.7. The molecule has 38 heavy (non-hydrogen) atoms. The van der Waals surface area contributed by atoms with Gasteiger partial charge in [-0.25, -0.2) is 4.98 Å². The molecule has 3 aromatic heterocycles. The Morgan fingerprint density at radius 3 is 2.79 bits per heavy atom. The Morgan fingerprint density at radius 2 is 2.05 bits per heavy atom. The molecule has 3 heterocycles. The van der Waals surface area contributed by atoms with E-state index in [-0.39, 0.29) is 24.1 Å². The van der Waals surface area contributed by atoms with Gasteiger partial charge in [-0.3, -0.25) is 9.78 Å². The van der Waals surface area contributed by atoms with Gasteiger partial charge >= 0.3 is 5.97 Å². The van der Waals surface area contributed by atoms with Gasteiger partial charge in [0.2, 0.25) is 5.95 Å². The first kappa shape index (κ1) is 26.7. The second-order valence-corrected chi connectivity index (χ2v) is 9.01. The van der Waals surface area contributed by atoms with Crippen LogP contribution in [0.5, 0.6) is 11.5 Å². The molecule has 1 atom stereocenters. The third-order valence-electron chi connectivity index (χ3n) is 5.95. The van der Waals surface area contributed by atoms with Crippen LogP contribution in [-0.2, 0) is 11.3 Å². The van der Waals surface area contributed by atoms with Crippen molar-refractivity contribution in [1.82, 2.24) is 19.5 Å². The molecule has 1 aromatic carbocycles. The average Bonchev–Trinajstić information content (AvgIpc) is 3.22. The fraction of sp³-hybridized carbons (Fsp3) is 0.259. The quantitative estimate of drug-likeness (QED) is 0.228. The van der Waals surface area contributed by atoms with E-state index in [1.54, 1.807) is 31.5 Å². The minimum Gasteiger partial charge on any atom is -0.496 e. The first-order valence-corrected chi connectivity index (χ1v) is 12.1. The molecule has 0 spiro atoms. The summed E-state index contributed by atoms with van der Waals surface area (Å²) < 4.78 is 13.1. The molecule has 0 saturated heterocycles. The molecule has 0 aliphatic carbocycles. The zero-order valence-corrected chi connectivity index (χ0v) is 21.9. The average molecular weight is 535 g/mol. The Balaban J connectivity index is 1.66. The molecule has 0 bridgehead atoms. The molecule has 196 valence electrons. The Labute approximate surface area is 224 Å². The summed E-state index contributed by atoms with van der Waals surface area (Å²) in [5.41, 5.74) is 16.0. The van der Waals surface area contributed by atoms with Crippen molar-refractivity contribution >= 4 is 34.6 Å². The summed E-state index contributed by atoms with van der Waals surface area (Å²) in [7, 11) is 1.64. The monoisotopic (exact) mass is 534 g/mol. The van der Waals surface area contributed by atoms with E-state index in [0.717, 1.165) is 22.6 Å². The van der Waals surface area contributed by atoms with E-state index in [1.807, 2.05) is 30.7 Å². The van der Waals surface area contributed by atoms with Crippen molar-refractivity contribution in [3.63, 3.8) is 0 Å². The standard InChI is InChI=1S/C27H27ClN6O4/c1-15-12-31-21(16(2)23(15)37-3)14-34-13-18(22-24(28)32-27(30)33-25(22)34)8-7-17-5-4-6-19(11-17)38-10-9-20(29)26(35)36/h4-6,11-13,20H,9-10,14,29H2,1-3H3,(H,35,36)(H2,30,32,33)/t20-/m0/s1. The molecule has 4 rings (SSSR count). The van der Waals surface area contributed by atoms with Gasteiger partial charge < -0.3 is 30.6 Å². The number of aryl methyl sites for hydroxylation is 1. The molecule has 5 N–H and O–H groups in total. The number of nitrogen functional groups attached to an aromatic ring is 1. The third-order valence-corrected chi connectivity index (χ3v) is 6.22. The zero-order valence-electron chi connectivity index (χ0n) is 21.2. The number of rotatable bonds is 8. The number of fused-ring (bicyclic) bond motifs is 1. The minimum atomic E-state index is -1.07. The molecule has 0 radical (unpaired) electrons. The van der Waals surface area contributed by atoms with E-state index in [2.05, 4.69) is 26.8 Å². The zero-order chi connectivity index (χ0) is 27.4. The van der Waals surface area contributed by atoms with E-state index in [9.17, 15) is 4.79 Å². The number of nitrogens with two attached hydrogens (primary N) is 2. The second-order valence-electron chi connectivity index (χ2n) is 8.65. The number of carboxylic acid groups (broad SMARTS) is 1. The van der Waals surface area contributed by atoms with E-state index in [4.69, 9.17) is 37.6 Å². The lowest BCUT2D eigenvalue weighted by molar-refractivity contribution is -0.138. The molecule has 4 aromatic rings. The van der Waals surface area contributed by atoms with Crippen molar-refractivity contribution < 1.29 is 19.4 Å².